The first-order valence-electron chi connectivity index (χ1n) is 8.18. The van der Waals surface area contributed by atoms with Gasteiger partial charge >= 0.3 is 5.97 Å². The van der Waals surface area contributed by atoms with Crippen LogP contribution in [0.25, 0.3) is 0 Å². The van der Waals surface area contributed by atoms with Crippen molar-refractivity contribution in [2.75, 3.05) is 13.7 Å². The van der Waals surface area contributed by atoms with E-state index in [1.165, 1.54) is 11.9 Å². The standard InChI is InChI=1S/C19H23N3O4/c1-3-4-10-17(24)22(2)18(19(25)26-12-11-20)21-16(14-23)13-15-8-6-5-7-9-15/h3,5-9,14,16,18,21H,1,4,10,12-13H2,2H3/t16-,18?/m0/s1. The van der Waals surface area contributed by atoms with E-state index in [2.05, 4.69) is 11.9 Å². The second-order valence-corrected chi connectivity index (χ2v) is 5.60. The van der Waals surface area contributed by atoms with Gasteiger partial charge in [-0.2, -0.15) is 5.26 Å². The zero-order valence-corrected chi connectivity index (χ0v) is 14.8. The molecular formula is C19H23N3O4. The minimum Gasteiger partial charge on any atom is -0.448 e. The van der Waals surface area contributed by atoms with Crippen LogP contribution < -0.4 is 5.32 Å². The molecule has 0 radical (unpaired) electrons. The van der Waals surface area contributed by atoms with Crippen LogP contribution in [0.5, 0.6) is 0 Å². The molecule has 0 saturated carbocycles. The SMILES string of the molecule is C=CCCC(=O)N(C)C(N[C@H](C=O)Cc1ccccc1)C(=O)OCC#N. The number of carbonyl (C=O) groups is 3. The van der Waals surface area contributed by atoms with Crippen molar-refractivity contribution in [3.8, 4) is 6.07 Å². The topological polar surface area (TPSA) is 99.5 Å². The monoisotopic (exact) mass is 357 g/mol. The number of nitrogens with zero attached hydrogens (tertiary/aromatic N) is 2. The van der Waals surface area contributed by atoms with Crippen molar-refractivity contribution >= 4 is 18.2 Å². The number of benzene rings is 1. The Kier molecular flexibility index (Phi) is 9.36. The molecule has 1 aromatic rings. The highest BCUT2D eigenvalue weighted by molar-refractivity contribution is 5.84. The quantitative estimate of drug-likeness (QED) is 0.276. The van der Waals surface area contributed by atoms with E-state index in [0.29, 0.717) is 19.1 Å². The number of rotatable bonds is 11. The van der Waals surface area contributed by atoms with E-state index >= 15 is 0 Å². The Morgan fingerprint density at radius 2 is 2.08 bits per heavy atom. The maximum absolute atomic E-state index is 12.3. The lowest BCUT2D eigenvalue weighted by molar-refractivity contribution is -0.155. The van der Waals surface area contributed by atoms with Crippen LogP contribution in [0.2, 0.25) is 0 Å². The van der Waals surface area contributed by atoms with Crippen molar-refractivity contribution in [2.24, 2.45) is 0 Å². The largest absolute Gasteiger partial charge is 0.448 e. The van der Waals surface area contributed by atoms with Crippen LogP contribution in [0.4, 0.5) is 0 Å². The molecule has 7 nitrogen and oxygen atoms in total. The summed E-state index contributed by atoms with van der Waals surface area (Å²) >= 11 is 0. The molecule has 0 heterocycles. The Morgan fingerprint density at radius 3 is 2.65 bits per heavy atom. The number of nitrogens with one attached hydrogen (secondary N) is 1. The Bertz CT molecular complexity index is 654. The first-order valence-corrected chi connectivity index (χ1v) is 8.18. The fraction of sp³-hybridized carbons (Fsp3) is 0.368. The lowest BCUT2D eigenvalue weighted by Gasteiger charge is -2.29. The molecule has 138 valence electrons. The highest BCUT2D eigenvalue weighted by Crippen LogP contribution is 2.07. The predicted octanol–water partition coefficient (Wildman–Crippen LogP) is 1.20. The van der Waals surface area contributed by atoms with E-state index in [0.717, 1.165) is 5.56 Å². The Labute approximate surface area is 153 Å². The highest BCUT2D eigenvalue weighted by atomic mass is 16.5. The number of likely N-dealkylation sites (N-methyl/N-ethyl adjacent to an activating group) is 1. The molecule has 0 aliphatic heterocycles. The van der Waals surface area contributed by atoms with Gasteiger partial charge in [0.05, 0.1) is 6.04 Å². The van der Waals surface area contributed by atoms with Crippen LogP contribution in [0.1, 0.15) is 18.4 Å². The number of ether oxygens (including phenoxy) is 1. The van der Waals surface area contributed by atoms with Crippen molar-refractivity contribution < 1.29 is 19.1 Å². The molecule has 0 aliphatic rings. The fourth-order valence-corrected chi connectivity index (χ4v) is 2.28. The van der Waals surface area contributed by atoms with Crippen molar-refractivity contribution in [3.63, 3.8) is 0 Å². The molecule has 2 atom stereocenters. The summed E-state index contributed by atoms with van der Waals surface area (Å²) < 4.78 is 4.83. The maximum Gasteiger partial charge on any atom is 0.345 e. The smallest absolute Gasteiger partial charge is 0.345 e. The van der Waals surface area contributed by atoms with E-state index < -0.39 is 24.8 Å². The minimum atomic E-state index is -1.17. The summed E-state index contributed by atoms with van der Waals surface area (Å²) in [6.07, 6.45) is 2.10. The number of esters is 1. The van der Waals surface area contributed by atoms with E-state index in [4.69, 9.17) is 10.00 Å². The molecule has 1 amide bonds. The number of carbonyl (C=O) groups excluding carboxylic acids is 3. The summed E-state index contributed by atoms with van der Waals surface area (Å²) in [5.74, 6) is -1.10. The van der Waals surface area contributed by atoms with Crippen molar-refractivity contribution in [3.05, 3.63) is 48.6 Å². The molecule has 1 rings (SSSR count). The first kappa shape index (κ1) is 21.1. The van der Waals surface area contributed by atoms with Crippen LogP contribution in [0.15, 0.2) is 43.0 Å². The summed E-state index contributed by atoms with van der Waals surface area (Å²) in [6.45, 7) is 3.13. The van der Waals surface area contributed by atoms with Gasteiger partial charge < -0.3 is 14.4 Å². The van der Waals surface area contributed by atoms with Crippen LogP contribution in [-0.2, 0) is 25.5 Å². The normalized spacial score (nSPS) is 12.3. The van der Waals surface area contributed by atoms with E-state index in [1.54, 1.807) is 12.1 Å². The summed E-state index contributed by atoms with van der Waals surface area (Å²) in [6, 6.07) is 10.3. The molecule has 26 heavy (non-hydrogen) atoms. The second kappa shape index (κ2) is 11.6. The molecule has 1 unspecified atom stereocenters. The van der Waals surface area contributed by atoms with E-state index in [1.807, 2.05) is 30.3 Å². The molecular weight excluding hydrogens is 334 g/mol. The maximum atomic E-state index is 12.3. The summed E-state index contributed by atoms with van der Waals surface area (Å²) in [5, 5.41) is 11.4. The van der Waals surface area contributed by atoms with Gasteiger partial charge in [-0.05, 0) is 18.4 Å². The van der Waals surface area contributed by atoms with Crippen molar-refractivity contribution in [1.29, 1.82) is 5.26 Å². The third kappa shape index (κ3) is 6.87. The van der Waals surface area contributed by atoms with Gasteiger partial charge in [-0.1, -0.05) is 36.4 Å². The van der Waals surface area contributed by atoms with Gasteiger partial charge in [0.1, 0.15) is 12.4 Å². The Balaban J connectivity index is 2.89. The zero-order valence-electron chi connectivity index (χ0n) is 14.8. The molecule has 1 aromatic carbocycles. The number of allylic oxidation sites excluding steroid dienone is 1. The molecule has 0 bridgehead atoms. The van der Waals surface area contributed by atoms with Crippen LogP contribution in [0.3, 0.4) is 0 Å². The molecule has 0 aromatic heterocycles. The van der Waals surface area contributed by atoms with Gasteiger partial charge in [-0.25, -0.2) is 4.79 Å². The molecule has 0 saturated heterocycles. The summed E-state index contributed by atoms with van der Waals surface area (Å²) in [5.41, 5.74) is 0.905. The van der Waals surface area contributed by atoms with Crippen molar-refractivity contribution in [1.82, 2.24) is 10.2 Å². The third-order valence-electron chi connectivity index (χ3n) is 3.68. The van der Waals surface area contributed by atoms with Crippen LogP contribution in [-0.4, -0.2) is 48.9 Å². The zero-order chi connectivity index (χ0) is 19.4. The molecule has 7 heteroatoms. The van der Waals surface area contributed by atoms with Crippen molar-refractivity contribution in [2.45, 2.75) is 31.5 Å². The van der Waals surface area contributed by atoms with E-state index in [-0.39, 0.29) is 12.3 Å². The Hall–Kier alpha value is -2.98. The molecule has 1 N–H and O–H groups in total. The summed E-state index contributed by atoms with van der Waals surface area (Å²) in [4.78, 5) is 37.1. The number of nitriles is 1. The fourth-order valence-electron chi connectivity index (χ4n) is 2.28. The number of amides is 1. The lowest BCUT2D eigenvalue weighted by Crippen LogP contribution is -2.56. The number of hydrogen-bond acceptors (Lipinski definition) is 6. The third-order valence-corrected chi connectivity index (χ3v) is 3.68. The number of aldehydes is 1. The molecule has 0 aliphatic carbocycles. The van der Waals surface area contributed by atoms with Gasteiger partial charge in [0, 0.05) is 13.5 Å². The average molecular weight is 357 g/mol. The number of hydrogen-bond donors (Lipinski definition) is 1. The van der Waals surface area contributed by atoms with Gasteiger partial charge in [0.25, 0.3) is 0 Å². The van der Waals surface area contributed by atoms with Crippen LogP contribution >= 0.6 is 0 Å². The lowest BCUT2D eigenvalue weighted by atomic mass is 10.1. The Morgan fingerprint density at radius 1 is 1.38 bits per heavy atom. The predicted molar refractivity (Wildman–Crippen MR) is 95.7 cm³/mol. The van der Waals surface area contributed by atoms with Crippen LogP contribution in [0, 0.1) is 11.3 Å². The second-order valence-electron chi connectivity index (χ2n) is 5.60. The van der Waals surface area contributed by atoms with Gasteiger partial charge in [-0.15, -0.1) is 6.58 Å². The molecule has 0 fully saturated rings. The summed E-state index contributed by atoms with van der Waals surface area (Å²) in [7, 11) is 1.45. The minimum absolute atomic E-state index is 0.175. The first-order chi connectivity index (χ1) is 12.5. The van der Waals surface area contributed by atoms with Gasteiger partial charge in [0.15, 0.2) is 12.8 Å². The van der Waals surface area contributed by atoms with Gasteiger partial charge in [0.2, 0.25) is 5.91 Å². The average Bonchev–Trinajstić information content (AvgIpc) is 2.67. The van der Waals surface area contributed by atoms with Gasteiger partial charge in [-0.3, -0.25) is 10.1 Å². The van der Waals surface area contributed by atoms with E-state index in [9.17, 15) is 14.4 Å². The highest BCUT2D eigenvalue weighted by Gasteiger charge is 2.30. The molecule has 0 spiro atoms.